The Balaban J connectivity index is 1.67. The van der Waals surface area contributed by atoms with Gasteiger partial charge in [-0.05, 0) is 24.3 Å². The number of anilines is 1. The molecule has 4 heterocycles. The first kappa shape index (κ1) is 15.8. The summed E-state index contributed by atoms with van der Waals surface area (Å²) in [6, 6.07) is 11.4. The number of benzene rings is 1. The van der Waals surface area contributed by atoms with E-state index in [0.717, 1.165) is 29.9 Å². The van der Waals surface area contributed by atoms with Crippen LogP contribution in [0.15, 0.2) is 41.2 Å². The Morgan fingerprint density at radius 1 is 1.04 bits per heavy atom. The molecule has 3 aromatic heterocycles. The summed E-state index contributed by atoms with van der Waals surface area (Å²) in [6.07, 6.45) is 0. The summed E-state index contributed by atoms with van der Waals surface area (Å²) < 4.78 is 1.89. The van der Waals surface area contributed by atoms with E-state index < -0.39 is 0 Å². The lowest BCUT2D eigenvalue weighted by Crippen LogP contribution is -2.48. The fourth-order valence-electron chi connectivity index (χ4n) is 3.71. The predicted octanol–water partition coefficient (Wildman–Crippen LogP) is 1.39. The Kier molecular flexibility index (Phi) is 3.40. The van der Waals surface area contributed by atoms with Gasteiger partial charge in [0.15, 0.2) is 5.65 Å². The number of pyridine rings is 1. The van der Waals surface area contributed by atoms with Crippen molar-refractivity contribution in [3.05, 3.63) is 46.8 Å². The second kappa shape index (κ2) is 5.80. The minimum absolute atomic E-state index is 0.0965. The molecule has 1 N–H and O–H groups in total. The molecule has 1 aliphatic heterocycles. The van der Waals surface area contributed by atoms with Crippen molar-refractivity contribution in [3.63, 3.8) is 0 Å². The fourth-order valence-corrected chi connectivity index (χ4v) is 3.71. The highest BCUT2D eigenvalue weighted by Gasteiger charge is 2.20. The third-order valence-electron chi connectivity index (χ3n) is 5.15. The van der Waals surface area contributed by atoms with Crippen LogP contribution in [0.2, 0.25) is 0 Å². The van der Waals surface area contributed by atoms with Crippen LogP contribution in [0.25, 0.3) is 27.8 Å². The van der Waals surface area contributed by atoms with Gasteiger partial charge in [-0.2, -0.15) is 0 Å². The van der Waals surface area contributed by atoms with Gasteiger partial charge in [0.2, 0.25) is 11.7 Å². The third-order valence-corrected chi connectivity index (χ3v) is 5.15. The standard InChI is InChI=1S/C19H18N6O2/c1-12(26)23-8-10-24(11-9-23)16-7-6-13-17(21-16)25-15-5-3-2-4-14(15)20-19(25)22-18(13)27/h2-7H,8-11H2,1H3,(H,20,22,27). The van der Waals surface area contributed by atoms with Crippen LogP contribution in [-0.4, -0.2) is 56.3 Å². The number of fused-ring (bicyclic) bond motifs is 5. The highest BCUT2D eigenvalue weighted by Crippen LogP contribution is 2.22. The topological polar surface area (TPSA) is 86.6 Å². The molecule has 1 saturated heterocycles. The molecule has 5 rings (SSSR count). The number of aromatic nitrogens is 4. The van der Waals surface area contributed by atoms with Crippen LogP contribution in [0, 0.1) is 0 Å². The normalized spacial score (nSPS) is 15.1. The maximum absolute atomic E-state index is 12.5. The van der Waals surface area contributed by atoms with E-state index in [0.29, 0.717) is 29.9 Å². The predicted molar refractivity (Wildman–Crippen MR) is 103 cm³/mol. The molecular weight excluding hydrogens is 344 g/mol. The van der Waals surface area contributed by atoms with Gasteiger partial charge in [0.05, 0.1) is 16.4 Å². The number of piperazine rings is 1. The van der Waals surface area contributed by atoms with E-state index >= 15 is 0 Å². The van der Waals surface area contributed by atoms with Gasteiger partial charge in [-0.25, -0.2) is 9.97 Å². The molecule has 4 aromatic rings. The van der Waals surface area contributed by atoms with E-state index in [1.807, 2.05) is 45.7 Å². The molecule has 8 nitrogen and oxygen atoms in total. The van der Waals surface area contributed by atoms with Crippen LogP contribution in [0.4, 0.5) is 5.82 Å². The Morgan fingerprint density at radius 3 is 2.59 bits per heavy atom. The molecule has 0 unspecified atom stereocenters. The Hall–Kier alpha value is -3.42. The molecule has 0 radical (unpaired) electrons. The van der Waals surface area contributed by atoms with Gasteiger partial charge < -0.3 is 9.80 Å². The van der Waals surface area contributed by atoms with Crippen LogP contribution < -0.4 is 10.5 Å². The molecule has 0 spiro atoms. The summed E-state index contributed by atoms with van der Waals surface area (Å²) in [5.74, 6) is 1.38. The van der Waals surface area contributed by atoms with Crippen molar-refractivity contribution < 1.29 is 4.79 Å². The van der Waals surface area contributed by atoms with E-state index in [1.54, 1.807) is 6.92 Å². The summed E-state index contributed by atoms with van der Waals surface area (Å²) in [5.41, 5.74) is 2.10. The average Bonchev–Trinajstić information content (AvgIpc) is 3.06. The van der Waals surface area contributed by atoms with Crippen molar-refractivity contribution in [2.45, 2.75) is 6.92 Å². The zero-order chi connectivity index (χ0) is 18.5. The zero-order valence-corrected chi connectivity index (χ0v) is 14.8. The number of hydrogen-bond acceptors (Lipinski definition) is 5. The molecule has 8 heteroatoms. The van der Waals surface area contributed by atoms with Gasteiger partial charge >= 0.3 is 0 Å². The van der Waals surface area contributed by atoms with Crippen molar-refractivity contribution in [1.82, 2.24) is 24.3 Å². The lowest BCUT2D eigenvalue weighted by atomic mass is 10.2. The van der Waals surface area contributed by atoms with Crippen LogP contribution in [0.5, 0.6) is 0 Å². The van der Waals surface area contributed by atoms with Crippen LogP contribution in [-0.2, 0) is 4.79 Å². The molecule has 27 heavy (non-hydrogen) atoms. The lowest BCUT2D eigenvalue weighted by molar-refractivity contribution is -0.129. The first-order valence-electron chi connectivity index (χ1n) is 8.92. The van der Waals surface area contributed by atoms with Gasteiger partial charge in [-0.15, -0.1) is 0 Å². The highest BCUT2D eigenvalue weighted by atomic mass is 16.2. The van der Waals surface area contributed by atoms with E-state index in [-0.39, 0.29) is 11.5 Å². The highest BCUT2D eigenvalue weighted by molar-refractivity contribution is 5.87. The van der Waals surface area contributed by atoms with Gasteiger partial charge in [0.25, 0.3) is 5.56 Å². The summed E-state index contributed by atoms with van der Waals surface area (Å²) in [4.78, 5) is 40.1. The second-order valence-electron chi connectivity index (χ2n) is 6.75. The summed E-state index contributed by atoms with van der Waals surface area (Å²) in [6.45, 7) is 4.38. The molecule has 136 valence electrons. The number of carbonyl (C=O) groups is 1. The molecule has 1 aliphatic rings. The molecule has 0 atom stereocenters. The molecular formula is C19H18N6O2. The van der Waals surface area contributed by atoms with Gasteiger partial charge in [-0.3, -0.25) is 19.0 Å². The van der Waals surface area contributed by atoms with Crippen LogP contribution in [0.3, 0.4) is 0 Å². The number of nitrogens with zero attached hydrogens (tertiary/aromatic N) is 5. The largest absolute Gasteiger partial charge is 0.353 e. The Labute approximate surface area is 154 Å². The summed E-state index contributed by atoms with van der Waals surface area (Å²) >= 11 is 0. The number of aromatic amines is 1. The maximum Gasteiger partial charge on any atom is 0.261 e. The molecule has 0 saturated carbocycles. The van der Waals surface area contributed by atoms with Gasteiger partial charge in [-0.1, -0.05) is 12.1 Å². The van der Waals surface area contributed by atoms with E-state index in [9.17, 15) is 9.59 Å². The van der Waals surface area contributed by atoms with Crippen LogP contribution >= 0.6 is 0 Å². The van der Waals surface area contributed by atoms with E-state index in [4.69, 9.17) is 4.98 Å². The Bertz CT molecular complexity index is 1250. The lowest BCUT2D eigenvalue weighted by Gasteiger charge is -2.34. The minimum Gasteiger partial charge on any atom is -0.353 e. The van der Waals surface area contributed by atoms with Crippen molar-refractivity contribution in [2.24, 2.45) is 0 Å². The third kappa shape index (κ3) is 2.44. The van der Waals surface area contributed by atoms with Gasteiger partial charge in [0, 0.05) is 33.1 Å². The Morgan fingerprint density at radius 2 is 1.81 bits per heavy atom. The number of H-pyrrole nitrogens is 1. The number of hydrogen-bond donors (Lipinski definition) is 1. The first-order chi connectivity index (χ1) is 13.1. The zero-order valence-electron chi connectivity index (χ0n) is 14.8. The molecule has 0 aliphatic carbocycles. The number of carbonyl (C=O) groups excluding carboxylic acids is 1. The van der Waals surface area contributed by atoms with Gasteiger partial charge in [0.1, 0.15) is 5.82 Å². The monoisotopic (exact) mass is 362 g/mol. The van der Waals surface area contributed by atoms with Crippen molar-refractivity contribution in [1.29, 1.82) is 0 Å². The molecule has 1 fully saturated rings. The van der Waals surface area contributed by atoms with Crippen molar-refractivity contribution in [3.8, 4) is 0 Å². The quantitative estimate of drug-likeness (QED) is 0.553. The molecule has 0 bridgehead atoms. The van der Waals surface area contributed by atoms with E-state index in [1.165, 1.54) is 0 Å². The smallest absolute Gasteiger partial charge is 0.261 e. The summed E-state index contributed by atoms with van der Waals surface area (Å²) in [7, 11) is 0. The number of amides is 1. The van der Waals surface area contributed by atoms with Crippen molar-refractivity contribution >= 4 is 39.6 Å². The van der Waals surface area contributed by atoms with Crippen LogP contribution in [0.1, 0.15) is 6.92 Å². The first-order valence-corrected chi connectivity index (χ1v) is 8.92. The molecule has 1 amide bonds. The van der Waals surface area contributed by atoms with E-state index in [2.05, 4.69) is 14.9 Å². The molecule has 1 aromatic carbocycles. The number of nitrogens with one attached hydrogen (secondary N) is 1. The summed E-state index contributed by atoms with van der Waals surface area (Å²) in [5, 5.41) is 0.525. The number of imidazole rings is 1. The van der Waals surface area contributed by atoms with Crippen molar-refractivity contribution in [2.75, 3.05) is 31.1 Å². The SMILES string of the molecule is CC(=O)N1CCN(c2ccc3c(=O)[nH]c4nc5ccccc5n4c3n2)CC1. The number of rotatable bonds is 1. The maximum atomic E-state index is 12.5. The minimum atomic E-state index is -0.201. The second-order valence-corrected chi connectivity index (χ2v) is 6.75. The number of para-hydroxylation sites is 2. The average molecular weight is 362 g/mol. The fraction of sp³-hybridized carbons (Fsp3) is 0.263.